The van der Waals surface area contributed by atoms with Gasteiger partial charge in [0.05, 0.1) is 19.6 Å². The van der Waals surface area contributed by atoms with Crippen molar-refractivity contribution in [3.63, 3.8) is 0 Å². The molecule has 0 aliphatic carbocycles. The lowest BCUT2D eigenvalue weighted by Crippen LogP contribution is -2.51. The molecular formula is C17H24N2O4. The van der Waals surface area contributed by atoms with Crippen LogP contribution in [0.1, 0.15) is 44.4 Å². The molecule has 0 radical (unpaired) electrons. The molecule has 0 saturated heterocycles. The van der Waals surface area contributed by atoms with Crippen LogP contribution in [0.2, 0.25) is 0 Å². The van der Waals surface area contributed by atoms with Crippen molar-refractivity contribution >= 4 is 17.8 Å². The van der Waals surface area contributed by atoms with Crippen molar-refractivity contribution in [2.24, 2.45) is 0 Å². The van der Waals surface area contributed by atoms with E-state index in [1.807, 2.05) is 31.2 Å². The van der Waals surface area contributed by atoms with E-state index in [9.17, 15) is 14.4 Å². The molecule has 0 heterocycles. The van der Waals surface area contributed by atoms with Crippen molar-refractivity contribution in [3.8, 4) is 0 Å². The van der Waals surface area contributed by atoms with Gasteiger partial charge in [-0.15, -0.1) is 0 Å². The van der Waals surface area contributed by atoms with Crippen LogP contribution in [0.5, 0.6) is 0 Å². The molecule has 0 saturated carbocycles. The first-order valence-corrected chi connectivity index (χ1v) is 7.39. The molecule has 2 amide bonds. The Hall–Kier alpha value is -2.37. The molecule has 2 N–H and O–H groups in total. The second-order valence-corrected chi connectivity index (χ2v) is 6.03. The largest absolute Gasteiger partial charge is 0.467 e. The van der Waals surface area contributed by atoms with E-state index in [2.05, 4.69) is 15.4 Å². The Morgan fingerprint density at radius 2 is 1.74 bits per heavy atom. The molecule has 6 heteroatoms. The molecule has 0 bridgehead atoms. The number of esters is 1. The molecule has 1 aromatic rings. The summed E-state index contributed by atoms with van der Waals surface area (Å²) in [5.74, 6) is -1.10. The van der Waals surface area contributed by atoms with Crippen LogP contribution in [-0.2, 0) is 19.1 Å². The quantitative estimate of drug-likeness (QED) is 0.780. The highest BCUT2D eigenvalue weighted by molar-refractivity contribution is 5.87. The molecule has 0 fully saturated rings. The maximum atomic E-state index is 12.2. The second-order valence-electron chi connectivity index (χ2n) is 6.03. The summed E-state index contributed by atoms with van der Waals surface area (Å²) >= 11 is 0. The van der Waals surface area contributed by atoms with Gasteiger partial charge >= 0.3 is 5.97 Å². The van der Waals surface area contributed by atoms with E-state index < -0.39 is 17.6 Å². The third-order valence-corrected chi connectivity index (χ3v) is 3.39. The first-order chi connectivity index (χ1) is 10.7. The fourth-order valence-electron chi connectivity index (χ4n) is 2.19. The number of rotatable bonds is 6. The zero-order valence-electron chi connectivity index (χ0n) is 14.2. The topological polar surface area (TPSA) is 84.5 Å². The number of hydrogen-bond acceptors (Lipinski definition) is 4. The number of amides is 2. The Bertz CT molecular complexity index is 579. The average Bonchev–Trinajstić information content (AvgIpc) is 2.45. The third kappa shape index (κ3) is 5.73. The van der Waals surface area contributed by atoms with E-state index in [0.29, 0.717) is 0 Å². The number of aryl methyl sites for hydroxylation is 1. The SMILES string of the molecule is COC(=O)C(C)(C)NC(=O)C[C@@H](NC(C)=O)c1ccc(C)cc1. The van der Waals surface area contributed by atoms with Gasteiger partial charge in [-0.1, -0.05) is 29.8 Å². The van der Waals surface area contributed by atoms with Gasteiger partial charge < -0.3 is 15.4 Å². The second kappa shape index (κ2) is 7.76. The van der Waals surface area contributed by atoms with Gasteiger partial charge in [0, 0.05) is 6.92 Å². The van der Waals surface area contributed by atoms with E-state index >= 15 is 0 Å². The molecule has 0 unspecified atom stereocenters. The number of hydrogen-bond donors (Lipinski definition) is 2. The minimum atomic E-state index is -1.13. The van der Waals surface area contributed by atoms with Crippen molar-refractivity contribution in [2.75, 3.05) is 7.11 Å². The first kappa shape index (κ1) is 18.7. The molecule has 1 rings (SSSR count). The Morgan fingerprint density at radius 3 is 2.22 bits per heavy atom. The lowest BCUT2D eigenvalue weighted by Gasteiger charge is -2.25. The molecule has 1 aromatic carbocycles. The molecule has 0 aromatic heterocycles. The molecule has 0 spiro atoms. The lowest BCUT2D eigenvalue weighted by atomic mass is 10.00. The number of methoxy groups -OCH3 is 1. The highest BCUT2D eigenvalue weighted by Gasteiger charge is 2.31. The fraction of sp³-hybridized carbons (Fsp3) is 0.471. The Kier molecular flexibility index (Phi) is 6.30. The zero-order valence-corrected chi connectivity index (χ0v) is 14.2. The van der Waals surface area contributed by atoms with E-state index in [-0.39, 0.29) is 18.2 Å². The average molecular weight is 320 g/mol. The van der Waals surface area contributed by atoms with Crippen LogP contribution in [0.25, 0.3) is 0 Å². The summed E-state index contributed by atoms with van der Waals surface area (Å²) in [5.41, 5.74) is 0.795. The molecule has 6 nitrogen and oxygen atoms in total. The molecule has 23 heavy (non-hydrogen) atoms. The number of carbonyl (C=O) groups is 3. The van der Waals surface area contributed by atoms with E-state index in [1.54, 1.807) is 13.8 Å². The van der Waals surface area contributed by atoms with Crippen LogP contribution in [0.3, 0.4) is 0 Å². The summed E-state index contributed by atoms with van der Waals surface area (Å²) < 4.78 is 4.66. The molecule has 0 aliphatic heterocycles. The van der Waals surface area contributed by atoms with Gasteiger partial charge in [-0.3, -0.25) is 9.59 Å². The summed E-state index contributed by atoms with van der Waals surface area (Å²) in [6.07, 6.45) is 0.0308. The highest BCUT2D eigenvalue weighted by Crippen LogP contribution is 2.18. The summed E-state index contributed by atoms with van der Waals surface area (Å²) in [7, 11) is 1.27. The third-order valence-electron chi connectivity index (χ3n) is 3.39. The van der Waals surface area contributed by atoms with Gasteiger partial charge in [-0.05, 0) is 26.3 Å². The van der Waals surface area contributed by atoms with Crippen molar-refractivity contribution < 1.29 is 19.1 Å². The van der Waals surface area contributed by atoms with Crippen molar-refractivity contribution in [2.45, 2.75) is 45.7 Å². The van der Waals surface area contributed by atoms with Crippen LogP contribution in [-0.4, -0.2) is 30.4 Å². The van der Waals surface area contributed by atoms with Crippen LogP contribution in [0.4, 0.5) is 0 Å². The van der Waals surface area contributed by atoms with E-state index in [1.165, 1.54) is 14.0 Å². The summed E-state index contributed by atoms with van der Waals surface area (Å²) in [6, 6.07) is 7.12. The maximum Gasteiger partial charge on any atom is 0.330 e. The smallest absolute Gasteiger partial charge is 0.330 e. The lowest BCUT2D eigenvalue weighted by molar-refractivity contribution is -0.149. The minimum Gasteiger partial charge on any atom is -0.467 e. The monoisotopic (exact) mass is 320 g/mol. The number of nitrogens with one attached hydrogen (secondary N) is 2. The van der Waals surface area contributed by atoms with Crippen LogP contribution in [0.15, 0.2) is 24.3 Å². The number of carbonyl (C=O) groups excluding carboxylic acids is 3. The predicted molar refractivity (Wildman–Crippen MR) is 86.6 cm³/mol. The van der Waals surface area contributed by atoms with Crippen LogP contribution in [0, 0.1) is 6.92 Å². The molecule has 126 valence electrons. The van der Waals surface area contributed by atoms with Gasteiger partial charge in [-0.2, -0.15) is 0 Å². The van der Waals surface area contributed by atoms with Crippen LogP contribution >= 0.6 is 0 Å². The van der Waals surface area contributed by atoms with Gasteiger partial charge in [-0.25, -0.2) is 4.79 Å². The Balaban J connectivity index is 2.85. The van der Waals surface area contributed by atoms with Crippen molar-refractivity contribution in [1.82, 2.24) is 10.6 Å². The summed E-state index contributed by atoms with van der Waals surface area (Å²) in [6.45, 7) is 6.49. The van der Waals surface area contributed by atoms with Gasteiger partial charge in [0.1, 0.15) is 5.54 Å². The molecule has 1 atom stereocenters. The number of ether oxygens (including phenoxy) is 1. The zero-order chi connectivity index (χ0) is 17.6. The molecular weight excluding hydrogens is 296 g/mol. The standard InChI is InChI=1S/C17H24N2O4/c1-11-6-8-13(9-7-11)14(18-12(2)20)10-15(21)19-17(3,4)16(22)23-5/h6-9,14H,10H2,1-5H3,(H,18,20)(H,19,21)/t14-/m1/s1. The van der Waals surface area contributed by atoms with Gasteiger partial charge in [0.15, 0.2) is 0 Å². The Labute approximate surface area is 136 Å². The highest BCUT2D eigenvalue weighted by atomic mass is 16.5. The van der Waals surface area contributed by atoms with Gasteiger partial charge in [0.2, 0.25) is 11.8 Å². The van der Waals surface area contributed by atoms with Gasteiger partial charge in [0.25, 0.3) is 0 Å². The molecule has 0 aliphatic rings. The summed E-state index contributed by atoms with van der Waals surface area (Å²) in [4.78, 5) is 35.3. The normalized spacial score (nSPS) is 12.2. The van der Waals surface area contributed by atoms with Crippen LogP contribution < -0.4 is 10.6 Å². The minimum absolute atomic E-state index is 0.0308. The Morgan fingerprint density at radius 1 is 1.17 bits per heavy atom. The summed E-state index contributed by atoms with van der Waals surface area (Å²) in [5, 5.41) is 5.39. The predicted octanol–water partition coefficient (Wildman–Crippen LogP) is 1.63. The van der Waals surface area contributed by atoms with Crippen molar-refractivity contribution in [1.29, 1.82) is 0 Å². The van der Waals surface area contributed by atoms with E-state index in [4.69, 9.17) is 0 Å². The first-order valence-electron chi connectivity index (χ1n) is 7.39. The maximum absolute atomic E-state index is 12.2. The van der Waals surface area contributed by atoms with E-state index in [0.717, 1.165) is 11.1 Å². The fourth-order valence-corrected chi connectivity index (χ4v) is 2.19. The number of benzene rings is 1. The van der Waals surface area contributed by atoms with Crippen molar-refractivity contribution in [3.05, 3.63) is 35.4 Å².